The van der Waals surface area contributed by atoms with Crippen molar-refractivity contribution >= 4 is 29.5 Å². The number of hydrogen-bond acceptors (Lipinski definition) is 45. The smallest absolute Gasteiger partial charge is 0.217 e. The van der Waals surface area contributed by atoms with E-state index in [9.17, 15) is 141 Å². The number of aliphatic hydroxyl groups excluding tert-OH is 23. The lowest BCUT2D eigenvalue weighted by molar-refractivity contribution is -0.403. The molecule has 0 aromatic heterocycles. The maximum atomic E-state index is 13.2. The molecule has 5 amide bonds. The van der Waals surface area contributed by atoms with Gasteiger partial charge in [0, 0.05) is 34.6 Å². The van der Waals surface area contributed by atoms with Gasteiger partial charge in [-0.05, 0) is 6.92 Å². The zero-order valence-electron chi connectivity index (χ0n) is 61.9. The normalized spacial score (nSPS) is 48.2. The second-order valence-electron chi connectivity index (χ2n) is 28.9. The third-order valence-corrected chi connectivity index (χ3v) is 20.7. The predicted octanol–water partition coefficient (Wildman–Crippen LogP) is -18.9. The van der Waals surface area contributed by atoms with E-state index in [1.165, 1.54) is 6.92 Å². The van der Waals surface area contributed by atoms with Crippen LogP contribution in [-0.4, -0.2) is 476 Å². The summed E-state index contributed by atoms with van der Waals surface area (Å²) in [5.74, 6) is -4.46. The molecule has 9 saturated heterocycles. The number of nitrogens with one attached hydrogen (secondary N) is 5. The summed E-state index contributed by atoms with van der Waals surface area (Å²) in [4.78, 5) is 63.5. The lowest BCUT2D eigenvalue weighted by atomic mass is 9.93. The van der Waals surface area contributed by atoms with E-state index in [-0.39, 0.29) is 0 Å². The molecule has 0 spiro atoms. The number of hydrogen-bond donors (Lipinski definition) is 28. The van der Waals surface area contributed by atoms with Gasteiger partial charge in [-0.1, -0.05) is 0 Å². The van der Waals surface area contributed by atoms with Gasteiger partial charge >= 0.3 is 0 Å². The minimum atomic E-state index is -2.62. The Kier molecular flexibility index (Phi) is 33.6. The SMILES string of the molecule is CC(=O)N[C@H]1[C@H](O[C@H]2[C@H](O)[C@@H](NC(C)=O)C(O)O[C@@H]2CO[C@@H]2O[C@@H](C)[C@@H](O)[C@@H](O)[C@@H]2O)O[C@H](CO)[C@@H](O[C@@H]2O[C@H](CO[C@H]3O[C@H](CO)[C@@H](O)[C@H](O)[C@@H]3O[C@@H]3O[C@H](CO)[C@@H](O)[C@H](O)[C@H]3NC(C)=O)[C@@H](O)[C@H](O[C@H]3O[C@H](CO)[C@@H](O[C@@H]4O[C@H](CO)[C@@H](O)[C@H](O)[C@H]4NC(C)=O)[C@H](O)[C@@H]3O[C@@H]3O[C@H](CO)[C@@H](O)[C@H](O)[C@H]3NC(C)=O)[C@@H]2O)[C@@H]1O. The molecule has 114 heavy (non-hydrogen) atoms. The van der Waals surface area contributed by atoms with Crippen molar-refractivity contribution in [1.82, 2.24) is 26.6 Å². The molecule has 9 heterocycles. The molecule has 0 radical (unpaired) electrons. The highest BCUT2D eigenvalue weighted by molar-refractivity contribution is 5.75. The van der Waals surface area contributed by atoms with Crippen LogP contribution < -0.4 is 26.6 Å². The van der Waals surface area contributed by atoms with Crippen molar-refractivity contribution in [2.24, 2.45) is 0 Å². The van der Waals surface area contributed by atoms with Gasteiger partial charge in [0.1, 0.15) is 213 Å². The van der Waals surface area contributed by atoms with Crippen molar-refractivity contribution in [2.45, 2.75) is 318 Å². The van der Waals surface area contributed by atoms with Crippen molar-refractivity contribution < 1.29 is 222 Å². The number of carbonyl (C=O) groups excluding carboxylic acids is 5. The lowest BCUT2D eigenvalue weighted by Gasteiger charge is -2.52. The molecular weight excluding hydrogens is 1560 g/mol. The van der Waals surface area contributed by atoms with E-state index in [4.69, 9.17) is 80.5 Å². The van der Waals surface area contributed by atoms with Crippen molar-refractivity contribution in [3.63, 3.8) is 0 Å². The number of rotatable bonds is 29. The quantitative estimate of drug-likeness (QED) is 0.0331. The van der Waals surface area contributed by atoms with E-state index in [0.717, 1.165) is 34.6 Å². The number of ether oxygens (including phenoxy) is 17. The topological polar surface area (TPSA) is 768 Å². The van der Waals surface area contributed by atoms with E-state index in [0.29, 0.717) is 0 Å². The summed E-state index contributed by atoms with van der Waals surface area (Å²) in [6.45, 7) is -2.56. The molecule has 28 N–H and O–H groups in total. The van der Waals surface area contributed by atoms with Gasteiger partial charge in [-0.25, -0.2) is 0 Å². The van der Waals surface area contributed by atoms with Gasteiger partial charge in [-0.2, -0.15) is 0 Å². The highest BCUT2D eigenvalue weighted by Gasteiger charge is 2.61. The summed E-state index contributed by atoms with van der Waals surface area (Å²) in [6.07, 6.45) is -82.2. The Morgan fingerprint density at radius 2 is 0.553 bits per heavy atom. The number of aliphatic hydroxyl groups is 23. The van der Waals surface area contributed by atoms with E-state index in [2.05, 4.69) is 26.6 Å². The molecule has 50 heteroatoms. The van der Waals surface area contributed by atoms with Crippen LogP contribution in [0.25, 0.3) is 0 Å². The molecule has 9 aliphatic rings. The Bertz CT molecular complexity index is 3080. The van der Waals surface area contributed by atoms with Crippen LogP contribution in [0.4, 0.5) is 0 Å². The Labute approximate surface area is 646 Å². The molecule has 0 aliphatic carbocycles. The van der Waals surface area contributed by atoms with E-state index in [1.807, 2.05) is 0 Å². The molecule has 9 fully saturated rings. The van der Waals surface area contributed by atoms with Gasteiger partial charge in [-0.3, -0.25) is 24.0 Å². The first-order chi connectivity index (χ1) is 53.8. The van der Waals surface area contributed by atoms with Crippen LogP contribution in [0.1, 0.15) is 41.5 Å². The highest BCUT2D eigenvalue weighted by atomic mass is 16.8. The molecule has 45 atom stereocenters. The van der Waals surface area contributed by atoms with Crippen molar-refractivity contribution in [3.05, 3.63) is 0 Å². The molecule has 9 rings (SSSR count). The Balaban J connectivity index is 1.10. The molecule has 1 unspecified atom stereocenters. The molecule has 50 nitrogen and oxygen atoms in total. The molecule has 658 valence electrons. The van der Waals surface area contributed by atoms with Crippen LogP contribution in [0.3, 0.4) is 0 Å². The second-order valence-corrected chi connectivity index (χ2v) is 28.9. The van der Waals surface area contributed by atoms with E-state index in [1.54, 1.807) is 0 Å². The summed E-state index contributed by atoms with van der Waals surface area (Å²) in [6, 6.07) is -9.18. The molecular formula is C64H107N5O45. The maximum Gasteiger partial charge on any atom is 0.217 e. The van der Waals surface area contributed by atoms with Crippen LogP contribution in [0.2, 0.25) is 0 Å². The zero-order chi connectivity index (χ0) is 84.1. The van der Waals surface area contributed by atoms with Crippen LogP contribution in [0.15, 0.2) is 0 Å². The average molecular weight is 1670 g/mol. The first-order valence-corrected chi connectivity index (χ1v) is 36.5. The molecule has 9 aliphatic heterocycles. The second kappa shape index (κ2) is 40.9. The first kappa shape index (κ1) is 93.6. The monoisotopic (exact) mass is 1670 g/mol. The summed E-state index contributed by atoms with van der Waals surface area (Å²) in [5, 5.41) is 270. The largest absolute Gasteiger partial charge is 0.394 e. The van der Waals surface area contributed by atoms with E-state index >= 15 is 0 Å². The molecule has 0 bridgehead atoms. The van der Waals surface area contributed by atoms with Crippen molar-refractivity contribution in [2.75, 3.05) is 52.9 Å². The third kappa shape index (κ3) is 21.0. The standard InChI is InChI=1S/C64H107N5O45/c1-15-34(81)45(92)47(94)61(100-15)98-14-28-52(43(90)29(56(97)101-28)65-16(2)76)110-60-33(69-20(6)80)44(91)50(25(11-74)106-60)111-62-49(96)53(39(86)27(108-62)13-99-63-54(46(93)38(85)24(10-73)105-63)113-58-31(67-18(4)78)41(88)36(83)22(8-71)103-58)112-64-55(114-59-32(68-19(5)79)42(89)37(84)23(9-72)104-59)48(95)51(26(12-75)107-64)109-57-30(66-17(3)77)40(87)35(82)21(7-70)102-57/h15,21-64,70-75,81-97H,7-14H2,1-6H3,(H,65,76)(H,66,77)(H,67,78)(H,68,79)(H,69,80)/t15-,21+,22+,23+,24+,25+,26+,27+,28+,29+,30+,31+,32+,33+,34+,35+,36+,37+,38+,39+,40+,41+,42+,43+,44+,45+,46-,47-,48-,49-,50+,51+,52+,53-,54-,55-,56?,57-,58-,59-,60-,61+,62-,63-,64+/m0/s1. The predicted molar refractivity (Wildman–Crippen MR) is 354 cm³/mol. The minimum absolute atomic E-state index is 0.835. The van der Waals surface area contributed by atoms with Crippen LogP contribution in [0, 0.1) is 0 Å². The van der Waals surface area contributed by atoms with Gasteiger partial charge in [0.2, 0.25) is 29.5 Å². The average Bonchev–Trinajstić information content (AvgIpc) is 0.763. The van der Waals surface area contributed by atoms with Gasteiger partial charge in [0.05, 0.1) is 59.0 Å². The summed E-state index contributed by atoms with van der Waals surface area (Å²) < 4.78 is 102. The van der Waals surface area contributed by atoms with Crippen LogP contribution in [-0.2, 0) is 104 Å². The maximum absolute atomic E-state index is 13.2. The summed E-state index contributed by atoms with van der Waals surface area (Å²) in [5.41, 5.74) is 0. The number of carbonyl (C=O) groups is 5. The van der Waals surface area contributed by atoms with Crippen molar-refractivity contribution in [1.29, 1.82) is 0 Å². The fourth-order valence-corrected chi connectivity index (χ4v) is 14.7. The Hall–Kier alpha value is -4.25. The van der Waals surface area contributed by atoms with Gasteiger partial charge in [-0.15, -0.1) is 0 Å². The van der Waals surface area contributed by atoms with Crippen LogP contribution >= 0.6 is 0 Å². The minimum Gasteiger partial charge on any atom is -0.394 e. The summed E-state index contributed by atoms with van der Waals surface area (Å²) in [7, 11) is 0. The first-order valence-electron chi connectivity index (χ1n) is 36.5. The highest BCUT2D eigenvalue weighted by Crippen LogP contribution is 2.40. The summed E-state index contributed by atoms with van der Waals surface area (Å²) >= 11 is 0. The van der Waals surface area contributed by atoms with Crippen LogP contribution in [0.5, 0.6) is 0 Å². The zero-order valence-corrected chi connectivity index (χ0v) is 61.9. The molecule has 0 saturated carbocycles. The van der Waals surface area contributed by atoms with Gasteiger partial charge in [0.15, 0.2) is 56.6 Å². The number of amides is 5. The van der Waals surface area contributed by atoms with Crippen molar-refractivity contribution in [3.8, 4) is 0 Å². The van der Waals surface area contributed by atoms with Gasteiger partial charge < -0.3 is 225 Å². The van der Waals surface area contributed by atoms with E-state index < -0.39 is 358 Å². The third-order valence-electron chi connectivity index (χ3n) is 20.7. The lowest BCUT2D eigenvalue weighted by Crippen LogP contribution is -2.71. The molecule has 0 aromatic rings. The fraction of sp³-hybridized carbons (Fsp3) is 0.922. The van der Waals surface area contributed by atoms with Gasteiger partial charge in [0.25, 0.3) is 0 Å². The molecule has 0 aromatic carbocycles. The Morgan fingerprint density at radius 3 is 0.982 bits per heavy atom. The fourth-order valence-electron chi connectivity index (χ4n) is 14.7. The Morgan fingerprint density at radius 1 is 0.246 bits per heavy atom.